The molecule has 2 bridgehead atoms. The monoisotopic (exact) mass is 383 g/mol. The van der Waals surface area contributed by atoms with Crippen molar-refractivity contribution in [3.8, 4) is 22.6 Å². The predicted octanol–water partition coefficient (Wildman–Crippen LogP) is 2.23. The normalized spacial score (nSPS) is 21.3. The zero-order valence-electron chi connectivity index (χ0n) is 17.3. The number of nitrogens with zero attached hydrogens (tertiary/aromatic N) is 2. The largest absolute Gasteiger partial charge is 0.496 e. The molecule has 2 fully saturated rings. The second-order valence-corrected chi connectivity index (χ2v) is 7.99. The molecule has 4 rings (SSSR count). The number of nitrogens with one attached hydrogen (secondary N) is 1. The average molecular weight is 383 g/mol. The van der Waals surface area contributed by atoms with Gasteiger partial charge in [0.1, 0.15) is 11.5 Å². The lowest BCUT2D eigenvalue weighted by molar-refractivity contribution is 0.212. The van der Waals surface area contributed by atoms with Crippen LogP contribution >= 0.6 is 0 Å². The molecule has 6 nitrogen and oxygen atoms in total. The van der Waals surface area contributed by atoms with Gasteiger partial charge in [0, 0.05) is 56.1 Å². The van der Waals surface area contributed by atoms with Gasteiger partial charge in [-0.3, -0.25) is 9.69 Å². The summed E-state index contributed by atoms with van der Waals surface area (Å²) in [4.78, 5) is 14.7. The van der Waals surface area contributed by atoms with Crippen molar-refractivity contribution in [2.24, 2.45) is 7.05 Å². The van der Waals surface area contributed by atoms with E-state index in [2.05, 4.69) is 22.3 Å². The molecule has 1 aromatic heterocycles. The number of aryl methyl sites for hydroxylation is 1. The first-order valence-electron chi connectivity index (χ1n) is 9.82. The van der Waals surface area contributed by atoms with Gasteiger partial charge in [-0.1, -0.05) is 0 Å². The molecule has 0 radical (unpaired) electrons. The van der Waals surface area contributed by atoms with E-state index in [1.165, 1.54) is 6.42 Å². The minimum atomic E-state index is 0.0366. The fourth-order valence-corrected chi connectivity index (χ4v) is 4.61. The van der Waals surface area contributed by atoms with Crippen LogP contribution in [0.3, 0.4) is 0 Å². The van der Waals surface area contributed by atoms with Crippen LogP contribution in [-0.4, -0.2) is 48.9 Å². The summed E-state index contributed by atoms with van der Waals surface area (Å²) in [7, 11) is 5.20. The number of methoxy groups -OCH3 is 2. The van der Waals surface area contributed by atoms with Crippen LogP contribution in [0, 0.1) is 13.8 Å². The number of benzene rings is 1. The van der Waals surface area contributed by atoms with E-state index in [1.54, 1.807) is 25.8 Å². The van der Waals surface area contributed by atoms with Gasteiger partial charge in [0.2, 0.25) is 0 Å². The van der Waals surface area contributed by atoms with E-state index in [0.717, 1.165) is 59.0 Å². The van der Waals surface area contributed by atoms with E-state index in [4.69, 9.17) is 9.47 Å². The third-order valence-corrected chi connectivity index (χ3v) is 6.38. The Labute approximate surface area is 166 Å². The molecule has 2 aliphatic heterocycles. The molecule has 150 valence electrons. The van der Waals surface area contributed by atoms with Crippen molar-refractivity contribution in [2.45, 2.75) is 38.9 Å². The molecule has 2 aliphatic rings. The second kappa shape index (κ2) is 7.26. The quantitative estimate of drug-likeness (QED) is 0.858. The first-order valence-corrected chi connectivity index (χ1v) is 9.82. The lowest BCUT2D eigenvalue weighted by Crippen LogP contribution is -2.43. The topological polar surface area (TPSA) is 55.7 Å². The van der Waals surface area contributed by atoms with Crippen LogP contribution in [0.15, 0.2) is 23.1 Å². The predicted molar refractivity (Wildman–Crippen MR) is 110 cm³/mol. The van der Waals surface area contributed by atoms with Crippen molar-refractivity contribution in [3.05, 3.63) is 45.4 Å². The number of fused-ring (bicyclic) bond motifs is 2. The minimum absolute atomic E-state index is 0.0366. The average Bonchev–Trinajstić information content (AvgIpc) is 3.32. The van der Waals surface area contributed by atoms with Crippen molar-refractivity contribution in [1.29, 1.82) is 0 Å². The zero-order chi connectivity index (χ0) is 20.0. The van der Waals surface area contributed by atoms with E-state index in [0.29, 0.717) is 12.1 Å². The van der Waals surface area contributed by atoms with Crippen molar-refractivity contribution in [1.82, 2.24) is 14.8 Å². The summed E-state index contributed by atoms with van der Waals surface area (Å²) < 4.78 is 13.2. The van der Waals surface area contributed by atoms with E-state index >= 15 is 0 Å². The molecule has 6 heteroatoms. The standard InChI is InChI=1S/C22H29N3O3/c1-13-14(2)22(26)24(3)11-18(13)15-6-20(27-4)19(21(7-15)28-5)12-25-10-16-8-17(25)9-23-16/h6-7,11,16-17,23H,8-10,12H2,1-5H3. The third-order valence-electron chi connectivity index (χ3n) is 6.38. The molecule has 0 saturated carbocycles. The van der Waals surface area contributed by atoms with Gasteiger partial charge in [-0.15, -0.1) is 0 Å². The Kier molecular flexibility index (Phi) is 4.93. The highest BCUT2D eigenvalue weighted by Gasteiger charge is 2.38. The maximum absolute atomic E-state index is 12.2. The highest BCUT2D eigenvalue weighted by molar-refractivity contribution is 5.72. The number of hydrogen-bond donors (Lipinski definition) is 1. The summed E-state index contributed by atoms with van der Waals surface area (Å²) in [6.45, 7) is 6.82. The Bertz CT molecular complexity index is 941. The summed E-state index contributed by atoms with van der Waals surface area (Å²) in [6, 6.07) is 5.33. The number of ether oxygens (including phenoxy) is 2. The summed E-state index contributed by atoms with van der Waals surface area (Å²) in [5.41, 5.74) is 4.89. The summed E-state index contributed by atoms with van der Waals surface area (Å²) in [6.07, 6.45) is 3.11. The van der Waals surface area contributed by atoms with Gasteiger partial charge in [0.15, 0.2) is 0 Å². The second-order valence-electron chi connectivity index (χ2n) is 7.99. The SMILES string of the molecule is COc1cc(-c2cn(C)c(=O)c(C)c2C)cc(OC)c1CN1CC2CC1CN2. The van der Waals surface area contributed by atoms with Crippen LogP contribution in [0.5, 0.6) is 11.5 Å². The molecule has 0 amide bonds. The number of rotatable bonds is 5. The Morgan fingerprint density at radius 3 is 2.36 bits per heavy atom. The van der Waals surface area contributed by atoms with Crippen molar-refractivity contribution in [2.75, 3.05) is 27.3 Å². The molecule has 3 heterocycles. The summed E-state index contributed by atoms with van der Waals surface area (Å²) >= 11 is 0. The smallest absolute Gasteiger partial charge is 0.253 e. The van der Waals surface area contributed by atoms with Gasteiger partial charge in [-0.05, 0) is 43.5 Å². The maximum Gasteiger partial charge on any atom is 0.253 e. The molecule has 0 spiro atoms. The fourth-order valence-electron chi connectivity index (χ4n) is 4.61. The van der Waals surface area contributed by atoms with Crippen LogP contribution in [0.2, 0.25) is 0 Å². The molecule has 2 atom stereocenters. The number of aromatic nitrogens is 1. The Balaban J connectivity index is 1.76. The number of likely N-dealkylation sites (tertiary alicyclic amines) is 1. The fraction of sp³-hybridized carbons (Fsp3) is 0.500. The maximum atomic E-state index is 12.2. The molecule has 2 saturated heterocycles. The van der Waals surface area contributed by atoms with Gasteiger partial charge in [0.05, 0.1) is 19.8 Å². The van der Waals surface area contributed by atoms with Crippen molar-refractivity contribution >= 4 is 0 Å². The highest BCUT2D eigenvalue weighted by Crippen LogP contribution is 2.38. The van der Waals surface area contributed by atoms with E-state index in [9.17, 15) is 4.79 Å². The minimum Gasteiger partial charge on any atom is -0.496 e. The van der Waals surface area contributed by atoms with Crippen LogP contribution in [0.4, 0.5) is 0 Å². The van der Waals surface area contributed by atoms with Gasteiger partial charge in [-0.25, -0.2) is 0 Å². The molecule has 1 N–H and O–H groups in total. The van der Waals surface area contributed by atoms with Crippen LogP contribution in [-0.2, 0) is 13.6 Å². The first-order chi connectivity index (χ1) is 13.4. The lowest BCUT2D eigenvalue weighted by atomic mass is 9.97. The molecule has 2 unspecified atom stereocenters. The van der Waals surface area contributed by atoms with Gasteiger partial charge >= 0.3 is 0 Å². The molecule has 0 aliphatic carbocycles. The van der Waals surface area contributed by atoms with Crippen molar-refractivity contribution < 1.29 is 9.47 Å². The van der Waals surface area contributed by atoms with Crippen molar-refractivity contribution in [3.63, 3.8) is 0 Å². The van der Waals surface area contributed by atoms with E-state index < -0.39 is 0 Å². The number of piperazine rings is 1. The highest BCUT2D eigenvalue weighted by atomic mass is 16.5. The van der Waals surface area contributed by atoms with Gasteiger partial charge in [-0.2, -0.15) is 0 Å². The van der Waals surface area contributed by atoms with Crippen LogP contribution < -0.4 is 20.3 Å². The first kappa shape index (κ1) is 19.0. The van der Waals surface area contributed by atoms with Crippen LogP contribution in [0.25, 0.3) is 11.1 Å². The van der Waals surface area contributed by atoms with Gasteiger partial charge in [0.25, 0.3) is 5.56 Å². The molecular weight excluding hydrogens is 354 g/mol. The zero-order valence-corrected chi connectivity index (χ0v) is 17.3. The summed E-state index contributed by atoms with van der Waals surface area (Å²) in [5, 5.41) is 3.55. The third kappa shape index (κ3) is 3.10. The molecule has 2 aromatic rings. The molecule has 28 heavy (non-hydrogen) atoms. The Morgan fingerprint density at radius 1 is 1.14 bits per heavy atom. The molecule has 1 aromatic carbocycles. The van der Waals surface area contributed by atoms with Crippen LogP contribution in [0.1, 0.15) is 23.1 Å². The number of hydrogen-bond acceptors (Lipinski definition) is 5. The summed E-state index contributed by atoms with van der Waals surface area (Å²) in [5.74, 6) is 1.66. The Morgan fingerprint density at radius 2 is 1.82 bits per heavy atom. The number of pyridine rings is 1. The Hall–Kier alpha value is -2.31. The van der Waals surface area contributed by atoms with E-state index in [1.807, 2.05) is 20.0 Å². The molecular formula is C22H29N3O3. The lowest BCUT2D eigenvalue weighted by Gasteiger charge is -2.28. The van der Waals surface area contributed by atoms with Gasteiger partial charge < -0.3 is 19.4 Å². The van der Waals surface area contributed by atoms with E-state index in [-0.39, 0.29) is 5.56 Å².